The molecule has 0 heterocycles. The minimum absolute atomic E-state index is 0. The van der Waals surface area contributed by atoms with Crippen LogP contribution in [-0.4, -0.2) is 28.7 Å². The number of ketones is 2. The number of aliphatic carboxylic acids is 1. The van der Waals surface area contributed by atoms with Crippen LogP contribution in [0.1, 0.15) is 31.2 Å². The Labute approximate surface area is 134 Å². The van der Waals surface area contributed by atoms with Gasteiger partial charge in [0.1, 0.15) is 6.04 Å². The third-order valence-electron chi connectivity index (χ3n) is 3.58. The third-order valence-corrected chi connectivity index (χ3v) is 3.58. The quantitative estimate of drug-likeness (QED) is 0.654. The Hall–Kier alpha value is -2.14. The van der Waals surface area contributed by atoms with E-state index in [1.54, 1.807) is 0 Å². The van der Waals surface area contributed by atoms with Crippen LogP contribution in [0.4, 0.5) is 0 Å². The first-order chi connectivity index (χ1) is 9.99. The Morgan fingerprint density at radius 1 is 1.23 bits per heavy atom. The predicted molar refractivity (Wildman–Crippen MR) is 84.0 cm³/mol. The summed E-state index contributed by atoms with van der Waals surface area (Å²) in [7, 11) is 0. The summed E-state index contributed by atoms with van der Waals surface area (Å²) in [5.41, 5.74) is 1.04. The van der Waals surface area contributed by atoms with E-state index in [0.717, 1.165) is 5.56 Å². The highest BCUT2D eigenvalue weighted by molar-refractivity contribution is 6.22. The number of Topliss-reactive ketones (excluding diaryl/α,β-unsaturated/α-hetero) is 2. The molecule has 1 saturated carbocycles. The van der Waals surface area contributed by atoms with Crippen LogP contribution in [0.15, 0.2) is 42.1 Å². The Bertz CT molecular complexity index is 577. The molecule has 1 aliphatic carbocycles. The lowest BCUT2D eigenvalue weighted by Gasteiger charge is -2.22. The lowest BCUT2D eigenvalue weighted by molar-refractivity contribution is -0.138. The summed E-state index contributed by atoms with van der Waals surface area (Å²) in [5.74, 6) is -1.62. The molecule has 1 aromatic rings. The van der Waals surface area contributed by atoms with Crippen molar-refractivity contribution in [1.82, 2.24) is 5.32 Å². The molecule has 22 heavy (non-hydrogen) atoms. The minimum atomic E-state index is -1.04. The SMILES string of the molecule is C[C@H](NC=C1C(=O)CC(c2ccccc2)CC1=O)C(=O)O.Cl. The zero-order chi connectivity index (χ0) is 15.4. The van der Waals surface area contributed by atoms with Gasteiger partial charge < -0.3 is 10.4 Å². The molecule has 1 atom stereocenters. The zero-order valence-electron chi connectivity index (χ0n) is 12.1. The van der Waals surface area contributed by atoms with Crippen LogP contribution in [0.5, 0.6) is 0 Å². The summed E-state index contributed by atoms with van der Waals surface area (Å²) in [6.07, 6.45) is 1.78. The van der Waals surface area contributed by atoms with Gasteiger partial charge in [-0.05, 0) is 18.4 Å². The van der Waals surface area contributed by atoms with Gasteiger partial charge in [-0.25, -0.2) is 0 Å². The van der Waals surface area contributed by atoms with Gasteiger partial charge in [0.2, 0.25) is 0 Å². The molecule has 2 N–H and O–H groups in total. The summed E-state index contributed by atoms with van der Waals surface area (Å²) >= 11 is 0. The van der Waals surface area contributed by atoms with Crippen LogP contribution < -0.4 is 5.32 Å². The highest BCUT2D eigenvalue weighted by atomic mass is 35.5. The molecular formula is C16H18ClNO4. The van der Waals surface area contributed by atoms with E-state index >= 15 is 0 Å². The van der Waals surface area contributed by atoms with Crippen molar-refractivity contribution in [1.29, 1.82) is 0 Å². The van der Waals surface area contributed by atoms with Gasteiger partial charge >= 0.3 is 5.97 Å². The second-order valence-corrected chi connectivity index (χ2v) is 5.15. The molecule has 2 rings (SSSR count). The molecule has 1 aromatic carbocycles. The number of halogens is 1. The molecule has 0 unspecified atom stereocenters. The highest BCUT2D eigenvalue weighted by Crippen LogP contribution is 2.31. The second-order valence-electron chi connectivity index (χ2n) is 5.15. The van der Waals surface area contributed by atoms with Crippen molar-refractivity contribution in [2.24, 2.45) is 0 Å². The molecule has 0 saturated heterocycles. The Morgan fingerprint density at radius 3 is 2.27 bits per heavy atom. The maximum Gasteiger partial charge on any atom is 0.325 e. The van der Waals surface area contributed by atoms with Crippen LogP contribution in [0.25, 0.3) is 0 Å². The number of carboxylic acids is 1. The monoisotopic (exact) mass is 323 g/mol. The van der Waals surface area contributed by atoms with Crippen molar-refractivity contribution in [2.75, 3.05) is 0 Å². The topological polar surface area (TPSA) is 83.5 Å². The molecular weight excluding hydrogens is 306 g/mol. The average molecular weight is 324 g/mol. The van der Waals surface area contributed by atoms with Crippen molar-refractivity contribution < 1.29 is 19.5 Å². The molecule has 5 nitrogen and oxygen atoms in total. The molecule has 6 heteroatoms. The van der Waals surface area contributed by atoms with E-state index in [4.69, 9.17) is 5.11 Å². The van der Waals surface area contributed by atoms with Crippen molar-refractivity contribution >= 4 is 29.9 Å². The lowest BCUT2D eigenvalue weighted by atomic mass is 9.80. The summed E-state index contributed by atoms with van der Waals surface area (Å²) < 4.78 is 0. The molecule has 1 fully saturated rings. The van der Waals surface area contributed by atoms with Crippen molar-refractivity contribution in [3.63, 3.8) is 0 Å². The standard InChI is InChI=1S/C16H17NO4.ClH/c1-10(16(20)21)17-9-13-14(18)7-12(8-15(13)19)11-5-3-2-4-6-11;/h2-6,9-10,12,17H,7-8H2,1H3,(H,20,21);1H/t10-,12?;/m0./s1. The molecule has 0 spiro atoms. The van der Waals surface area contributed by atoms with Gasteiger partial charge in [-0.1, -0.05) is 30.3 Å². The fraction of sp³-hybridized carbons (Fsp3) is 0.312. The van der Waals surface area contributed by atoms with Gasteiger partial charge in [-0.15, -0.1) is 12.4 Å². The Kier molecular flexibility index (Phi) is 6.31. The highest BCUT2D eigenvalue weighted by Gasteiger charge is 2.31. The third kappa shape index (κ3) is 4.18. The number of rotatable bonds is 4. The van der Waals surface area contributed by atoms with Crippen molar-refractivity contribution in [3.8, 4) is 0 Å². The smallest absolute Gasteiger partial charge is 0.325 e. The van der Waals surface area contributed by atoms with E-state index in [2.05, 4.69) is 5.32 Å². The number of carbonyl (C=O) groups is 3. The number of carboxylic acid groups (broad SMARTS) is 1. The molecule has 0 aromatic heterocycles. The Morgan fingerprint density at radius 2 is 1.77 bits per heavy atom. The van der Waals surface area contributed by atoms with Crippen LogP contribution in [0, 0.1) is 0 Å². The van der Waals surface area contributed by atoms with E-state index in [9.17, 15) is 14.4 Å². The minimum Gasteiger partial charge on any atom is -0.480 e. The first-order valence-electron chi connectivity index (χ1n) is 6.79. The number of hydrogen-bond donors (Lipinski definition) is 2. The van der Waals surface area contributed by atoms with E-state index in [-0.39, 0.29) is 48.3 Å². The van der Waals surface area contributed by atoms with Gasteiger partial charge in [-0.3, -0.25) is 14.4 Å². The first kappa shape index (κ1) is 17.9. The molecule has 0 amide bonds. The second kappa shape index (κ2) is 7.75. The van der Waals surface area contributed by atoms with Gasteiger partial charge in [0.25, 0.3) is 0 Å². The van der Waals surface area contributed by atoms with Crippen molar-refractivity contribution in [3.05, 3.63) is 47.7 Å². The fourth-order valence-corrected chi connectivity index (χ4v) is 2.30. The van der Waals surface area contributed by atoms with Crippen LogP contribution in [0.2, 0.25) is 0 Å². The lowest BCUT2D eigenvalue weighted by Crippen LogP contribution is -2.32. The van der Waals surface area contributed by atoms with E-state index in [1.165, 1.54) is 13.1 Å². The summed E-state index contributed by atoms with van der Waals surface area (Å²) in [4.78, 5) is 34.9. The normalized spacial score (nSPS) is 19.1. The predicted octanol–water partition coefficient (Wildman–Crippen LogP) is 2.07. The molecule has 0 bridgehead atoms. The van der Waals surface area contributed by atoms with Gasteiger partial charge in [-0.2, -0.15) is 0 Å². The van der Waals surface area contributed by atoms with Gasteiger partial charge in [0.15, 0.2) is 11.6 Å². The number of nitrogens with one attached hydrogen (secondary N) is 1. The van der Waals surface area contributed by atoms with Crippen LogP contribution in [-0.2, 0) is 14.4 Å². The average Bonchev–Trinajstić information content (AvgIpc) is 2.46. The summed E-state index contributed by atoms with van der Waals surface area (Å²) in [5, 5.41) is 11.3. The first-order valence-corrected chi connectivity index (χ1v) is 6.79. The summed E-state index contributed by atoms with van der Waals surface area (Å²) in [6, 6.07) is 8.62. The Balaban J connectivity index is 0.00000242. The van der Waals surface area contributed by atoms with Crippen molar-refractivity contribution in [2.45, 2.75) is 31.7 Å². The zero-order valence-corrected chi connectivity index (χ0v) is 12.9. The fourth-order valence-electron chi connectivity index (χ4n) is 2.30. The maximum atomic E-state index is 12.1. The molecule has 118 valence electrons. The van der Waals surface area contributed by atoms with Crippen LogP contribution >= 0.6 is 12.4 Å². The summed E-state index contributed by atoms with van der Waals surface area (Å²) in [6.45, 7) is 1.45. The maximum absolute atomic E-state index is 12.1. The number of hydrogen-bond acceptors (Lipinski definition) is 4. The number of allylic oxidation sites excluding steroid dienone is 1. The van der Waals surface area contributed by atoms with E-state index in [0.29, 0.717) is 0 Å². The number of carbonyl (C=O) groups excluding carboxylic acids is 2. The molecule has 1 aliphatic rings. The molecule has 0 aliphatic heterocycles. The number of benzene rings is 1. The molecule has 0 radical (unpaired) electrons. The van der Waals surface area contributed by atoms with E-state index in [1.807, 2.05) is 30.3 Å². The van der Waals surface area contributed by atoms with Crippen LogP contribution in [0.3, 0.4) is 0 Å². The largest absolute Gasteiger partial charge is 0.480 e. The van der Waals surface area contributed by atoms with E-state index < -0.39 is 12.0 Å². The van der Waals surface area contributed by atoms with Gasteiger partial charge in [0, 0.05) is 19.0 Å². The van der Waals surface area contributed by atoms with Gasteiger partial charge in [0.05, 0.1) is 5.57 Å².